The highest BCUT2D eigenvalue weighted by Crippen LogP contribution is 2.18. The molecule has 0 radical (unpaired) electrons. The summed E-state index contributed by atoms with van der Waals surface area (Å²) >= 11 is 3.29. The van der Waals surface area contributed by atoms with Gasteiger partial charge in [-0.2, -0.15) is 0 Å². The summed E-state index contributed by atoms with van der Waals surface area (Å²) in [6, 6.07) is 20.2. The van der Waals surface area contributed by atoms with Gasteiger partial charge in [0.1, 0.15) is 0 Å². The lowest BCUT2D eigenvalue weighted by molar-refractivity contribution is 0.0474. The van der Waals surface area contributed by atoms with E-state index in [0.29, 0.717) is 15.6 Å². The number of ketones is 1. The third kappa shape index (κ3) is 3.48. The molecule has 23 heavy (non-hydrogen) atoms. The molecule has 0 saturated heterocycles. The fourth-order valence-corrected chi connectivity index (χ4v) is 2.73. The Hall–Kier alpha value is -2.46. The summed E-state index contributed by atoms with van der Waals surface area (Å²) in [6.07, 6.45) is 0. The molecule has 0 bridgehead atoms. The van der Waals surface area contributed by atoms with Crippen LogP contribution < -0.4 is 0 Å². The van der Waals surface area contributed by atoms with Crippen molar-refractivity contribution in [2.24, 2.45) is 0 Å². The second kappa shape index (κ2) is 6.75. The van der Waals surface area contributed by atoms with Gasteiger partial charge in [0.15, 0.2) is 12.4 Å². The minimum absolute atomic E-state index is 0.226. The minimum atomic E-state index is -0.522. The second-order valence-corrected chi connectivity index (χ2v) is 5.90. The van der Waals surface area contributed by atoms with E-state index in [1.165, 1.54) is 0 Å². The first-order chi connectivity index (χ1) is 11.1. The molecule has 0 spiro atoms. The lowest BCUT2D eigenvalue weighted by atomic mass is 10.0. The zero-order valence-corrected chi connectivity index (χ0v) is 13.7. The average Bonchev–Trinajstić information content (AvgIpc) is 2.59. The van der Waals surface area contributed by atoms with Crippen LogP contribution in [0.15, 0.2) is 71.2 Å². The number of hydrogen-bond donors (Lipinski definition) is 0. The van der Waals surface area contributed by atoms with Crippen LogP contribution in [0.5, 0.6) is 0 Å². The largest absolute Gasteiger partial charge is 0.454 e. The Morgan fingerprint density at radius 2 is 1.57 bits per heavy atom. The topological polar surface area (TPSA) is 43.4 Å². The SMILES string of the molecule is O=C(COC(=O)c1ccccc1Br)c1ccc2ccccc2c1. The molecule has 0 N–H and O–H groups in total. The third-order valence-electron chi connectivity index (χ3n) is 3.50. The summed E-state index contributed by atoms with van der Waals surface area (Å²) in [5.41, 5.74) is 0.933. The maximum absolute atomic E-state index is 12.2. The van der Waals surface area contributed by atoms with E-state index in [1.807, 2.05) is 36.4 Å². The highest BCUT2D eigenvalue weighted by molar-refractivity contribution is 9.10. The van der Waals surface area contributed by atoms with Crippen LogP contribution in [0.1, 0.15) is 20.7 Å². The van der Waals surface area contributed by atoms with Crippen LogP contribution in [0.2, 0.25) is 0 Å². The van der Waals surface area contributed by atoms with Gasteiger partial charge in [-0.1, -0.05) is 48.5 Å². The van der Waals surface area contributed by atoms with E-state index in [0.717, 1.165) is 10.8 Å². The molecule has 0 fully saturated rings. The molecular weight excluding hydrogens is 356 g/mol. The van der Waals surface area contributed by atoms with Crippen LogP contribution in [0.25, 0.3) is 10.8 Å². The van der Waals surface area contributed by atoms with Crippen LogP contribution in [-0.4, -0.2) is 18.4 Å². The van der Waals surface area contributed by atoms with Crippen LogP contribution in [0, 0.1) is 0 Å². The Morgan fingerprint density at radius 3 is 2.35 bits per heavy atom. The number of halogens is 1. The summed E-state index contributed by atoms with van der Waals surface area (Å²) in [4.78, 5) is 24.2. The zero-order chi connectivity index (χ0) is 16.2. The number of hydrogen-bond acceptors (Lipinski definition) is 3. The number of Topliss-reactive ketones (excluding diaryl/α,β-unsaturated/α-hetero) is 1. The van der Waals surface area contributed by atoms with Gasteiger partial charge < -0.3 is 4.74 Å². The second-order valence-electron chi connectivity index (χ2n) is 5.04. The lowest BCUT2D eigenvalue weighted by Gasteiger charge is -2.06. The van der Waals surface area contributed by atoms with Gasteiger partial charge in [-0.3, -0.25) is 4.79 Å². The van der Waals surface area contributed by atoms with Gasteiger partial charge in [-0.05, 0) is 44.9 Å². The van der Waals surface area contributed by atoms with Gasteiger partial charge in [0.2, 0.25) is 0 Å². The molecular formula is C19H13BrO3. The maximum Gasteiger partial charge on any atom is 0.339 e. The summed E-state index contributed by atoms with van der Waals surface area (Å²) in [7, 11) is 0. The minimum Gasteiger partial charge on any atom is -0.454 e. The standard InChI is InChI=1S/C19H13BrO3/c20-17-8-4-3-7-16(17)19(22)23-12-18(21)15-10-9-13-5-1-2-6-14(13)11-15/h1-11H,12H2. The Bertz CT molecular complexity index is 886. The van der Waals surface area contributed by atoms with Crippen molar-refractivity contribution in [1.82, 2.24) is 0 Å². The Labute approximate surface area is 142 Å². The van der Waals surface area contributed by atoms with E-state index < -0.39 is 5.97 Å². The van der Waals surface area contributed by atoms with E-state index in [2.05, 4.69) is 15.9 Å². The van der Waals surface area contributed by atoms with Crippen LogP contribution in [0.4, 0.5) is 0 Å². The molecule has 0 aliphatic rings. The van der Waals surface area contributed by atoms with E-state index in [-0.39, 0.29) is 12.4 Å². The van der Waals surface area contributed by atoms with E-state index in [9.17, 15) is 9.59 Å². The molecule has 0 atom stereocenters. The molecule has 0 saturated carbocycles. The zero-order valence-electron chi connectivity index (χ0n) is 12.2. The number of esters is 1. The molecule has 3 aromatic rings. The normalized spacial score (nSPS) is 10.5. The highest BCUT2D eigenvalue weighted by atomic mass is 79.9. The van der Waals surface area contributed by atoms with Crippen LogP contribution in [-0.2, 0) is 4.74 Å². The maximum atomic E-state index is 12.2. The summed E-state index contributed by atoms with van der Waals surface area (Å²) in [5.74, 6) is -0.747. The summed E-state index contributed by atoms with van der Waals surface area (Å²) < 4.78 is 5.76. The quantitative estimate of drug-likeness (QED) is 0.497. The predicted octanol–water partition coefficient (Wildman–Crippen LogP) is 4.64. The van der Waals surface area contributed by atoms with Gasteiger partial charge in [-0.25, -0.2) is 4.79 Å². The number of carbonyl (C=O) groups excluding carboxylic acids is 2. The number of rotatable bonds is 4. The number of fused-ring (bicyclic) bond motifs is 1. The molecule has 0 unspecified atom stereocenters. The van der Waals surface area contributed by atoms with Gasteiger partial charge in [0, 0.05) is 10.0 Å². The van der Waals surface area contributed by atoms with E-state index >= 15 is 0 Å². The Kier molecular flexibility index (Phi) is 4.53. The van der Waals surface area contributed by atoms with Crippen molar-refractivity contribution in [2.75, 3.05) is 6.61 Å². The Balaban J connectivity index is 1.71. The van der Waals surface area contributed by atoms with Gasteiger partial charge in [0.25, 0.3) is 0 Å². The highest BCUT2D eigenvalue weighted by Gasteiger charge is 2.14. The average molecular weight is 369 g/mol. The molecule has 114 valence electrons. The molecule has 0 heterocycles. The van der Waals surface area contributed by atoms with Crippen molar-refractivity contribution < 1.29 is 14.3 Å². The molecule has 3 rings (SSSR count). The Morgan fingerprint density at radius 1 is 0.870 bits per heavy atom. The predicted molar refractivity (Wildman–Crippen MR) is 92.7 cm³/mol. The first kappa shape index (κ1) is 15.4. The first-order valence-corrected chi connectivity index (χ1v) is 7.88. The van der Waals surface area contributed by atoms with Gasteiger partial charge in [-0.15, -0.1) is 0 Å². The number of benzene rings is 3. The number of carbonyl (C=O) groups is 2. The van der Waals surface area contributed by atoms with E-state index in [4.69, 9.17) is 4.74 Å². The molecule has 3 nitrogen and oxygen atoms in total. The van der Waals surface area contributed by atoms with Crippen molar-refractivity contribution in [3.63, 3.8) is 0 Å². The van der Waals surface area contributed by atoms with Crippen molar-refractivity contribution in [2.45, 2.75) is 0 Å². The summed E-state index contributed by atoms with van der Waals surface area (Å²) in [5, 5.41) is 2.05. The van der Waals surface area contributed by atoms with E-state index in [1.54, 1.807) is 30.3 Å². The molecule has 0 aliphatic heterocycles. The van der Waals surface area contributed by atoms with Crippen LogP contribution in [0.3, 0.4) is 0 Å². The van der Waals surface area contributed by atoms with Crippen molar-refractivity contribution >= 4 is 38.5 Å². The lowest BCUT2D eigenvalue weighted by Crippen LogP contribution is -2.14. The first-order valence-electron chi connectivity index (χ1n) is 7.09. The van der Waals surface area contributed by atoms with Crippen molar-refractivity contribution in [1.29, 1.82) is 0 Å². The summed E-state index contributed by atoms with van der Waals surface area (Å²) in [6.45, 7) is -0.279. The van der Waals surface area contributed by atoms with Crippen molar-refractivity contribution in [3.8, 4) is 0 Å². The molecule has 3 aromatic carbocycles. The molecule has 0 aromatic heterocycles. The monoisotopic (exact) mass is 368 g/mol. The number of ether oxygens (including phenoxy) is 1. The molecule has 4 heteroatoms. The van der Waals surface area contributed by atoms with Crippen molar-refractivity contribution in [3.05, 3.63) is 82.3 Å². The molecule has 0 aliphatic carbocycles. The fourth-order valence-electron chi connectivity index (χ4n) is 2.28. The smallest absolute Gasteiger partial charge is 0.339 e. The van der Waals surface area contributed by atoms with Crippen LogP contribution >= 0.6 is 15.9 Å². The fraction of sp³-hybridized carbons (Fsp3) is 0.0526. The van der Waals surface area contributed by atoms with Gasteiger partial charge >= 0.3 is 5.97 Å². The third-order valence-corrected chi connectivity index (χ3v) is 4.19. The molecule has 0 amide bonds. The van der Waals surface area contributed by atoms with Gasteiger partial charge in [0.05, 0.1) is 5.56 Å².